The monoisotopic (exact) mass is 164 g/mol. The minimum atomic E-state index is -0.518. The second-order valence-corrected chi connectivity index (χ2v) is 2.31. The maximum absolute atomic E-state index is 10.4. The molecule has 0 saturated carbocycles. The Morgan fingerprint density at radius 1 is 1.50 bits per heavy atom. The van der Waals surface area contributed by atoms with Gasteiger partial charge in [0.05, 0.1) is 4.92 Å². The highest BCUT2D eigenvalue weighted by Crippen LogP contribution is 2.19. The number of hydrogen-bond donors (Lipinski definition) is 0. The molecule has 0 aliphatic rings. The maximum atomic E-state index is 10.4. The molecule has 0 unspecified atom stereocenters. The molecule has 1 radical (unpaired) electrons. The van der Waals surface area contributed by atoms with Crippen LogP contribution in [0.1, 0.15) is 11.1 Å². The Morgan fingerprint density at radius 3 is 2.67 bits per heavy atom. The highest BCUT2D eigenvalue weighted by Gasteiger charge is 2.12. The van der Waals surface area contributed by atoms with Crippen molar-refractivity contribution in [1.82, 2.24) is 0 Å². The number of nitro benzene ring substituents is 1. The molecule has 1 rings (SSSR count). The van der Waals surface area contributed by atoms with Crippen LogP contribution >= 0.6 is 0 Å². The Balaban J connectivity index is 3.32. The summed E-state index contributed by atoms with van der Waals surface area (Å²) in [6.07, 6.45) is 1.64. The third-order valence-electron chi connectivity index (χ3n) is 1.61. The van der Waals surface area contributed by atoms with Gasteiger partial charge in [-0.05, 0) is 6.92 Å². The molecule has 0 fully saturated rings. The van der Waals surface area contributed by atoms with Gasteiger partial charge in [0.1, 0.15) is 0 Å². The van der Waals surface area contributed by atoms with E-state index in [0.29, 0.717) is 5.56 Å². The van der Waals surface area contributed by atoms with Gasteiger partial charge in [0, 0.05) is 17.2 Å². The molecule has 12 heavy (non-hydrogen) atoms. The van der Waals surface area contributed by atoms with E-state index in [1.165, 1.54) is 25.1 Å². The third-order valence-corrected chi connectivity index (χ3v) is 1.61. The first-order valence-electron chi connectivity index (χ1n) is 3.29. The molecular formula is C8H6NO3. The zero-order chi connectivity index (χ0) is 9.14. The van der Waals surface area contributed by atoms with Gasteiger partial charge in [-0.2, -0.15) is 0 Å². The number of nitro groups is 1. The standard InChI is InChI=1S/C8H6NO3/c1-6-7(5-10)3-2-4-8(6)9(11)12/h2-4H,1H3. The summed E-state index contributed by atoms with van der Waals surface area (Å²) in [4.78, 5) is 20.1. The van der Waals surface area contributed by atoms with Crippen molar-refractivity contribution >= 4 is 12.0 Å². The molecule has 0 spiro atoms. The molecule has 4 heteroatoms. The Bertz CT molecular complexity index is 333. The van der Waals surface area contributed by atoms with Crippen LogP contribution in [-0.2, 0) is 4.79 Å². The number of carbonyl (C=O) groups excluding carboxylic acids is 1. The van der Waals surface area contributed by atoms with Crippen LogP contribution in [0.4, 0.5) is 5.69 Å². The lowest BCUT2D eigenvalue weighted by atomic mass is 10.1. The molecule has 0 atom stereocenters. The lowest BCUT2D eigenvalue weighted by Crippen LogP contribution is -1.94. The largest absolute Gasteiger partial charge is 0.285 e. The lowest BCUT2D eigenvalue weighted by molar-refractivity contribution is -0.385. The first-order valence-corrected chi connectivity index (χ1v) is 3.29. The summed E-state index contributed by atoms with van der Waals surface area (Å²) in [5, 5.41) is 10.4. The zero-order valence-corrected chi connectivity index (χ0v) is 6.40. The predicted octanol–water partition coefficient (Wildman–Crippen LogP) is 1.36. The number of hydrogen-bond acceptors (Lipinski definition) is 3. The van der Waals surface area contributed by atoms with Crippen molar-refractivity contribution in [3.8, 4) is 0 Å². The molecule has 1 aromatic rings. The molecule has 0 saturated heterocycles. The Hall–Kier alpha value is -1.71. The Morgan fingerprint density at radius 2 is 2.17 bits per heavy atom. The van der Waals surface area contributed by atoms with Crippen molar-refractivity contribution in [1.29, 1.82) is 0 Å². The van der Waals surface area contributed by atoms with Crippen LogP contribution in [0.15, 0.2) is 18.2 Å². The summed E-state index contributed by atoms with van der Waals surface area (Å²) in [5.41, 5.74) is 0.553. The Labute approximate surface area is 69.0 Å². The fourth-order valence-corrected chi connectivity index (χ4v) is 0.932. The van der Waals surface area contributed by atoms with Crippen LogP contribution in [-0.4, -0.2) is 11.2 Å². The quantitative estimate of drug-likeness (QED) is 0.489. The lowest BCUT2D eigenvalue weighted by Gasteiger charge is -1.97. The topological polar surface area (TPSA) is 60.2 Å². The van der Waals surface area contributed by atoms with E-state index in [1.54, 1.807) is 6.29 Å². The molecule has 0 amide bonds. The fourth-order valence-electron chi connectivity index (χ4n) is 0.932. The van der Waals surface area contributed by atoms with Gasteiger partial charge in [0.25, 0.3) is 5.69 Å². The average Bonchev–Trinajstić information content (AvgIpc) is 2.04. The molecule has 0 heterocycles. The average molecular weight is 164 g/mol. The molecule has 4 nitrogen and oxygen atoms in total. The summed E-state index contributed by atoms with van der Waals surface area (Å²) in [6.45, 7) is 1.53. The highest BCUT2D eigenvalue weighted by atomic mass is 16.6. The van der Waals surface area contributed by atoms with Gasteiger partial charge in [-0.1, -0.05) is 12.1 Å². The summed E-state index contributed by atoms with van der Waals surface area (Å²) in [7, 11) is 0. The van der Waals surface area contributed by atoms with Gasteiger partial charge < -0.3 is 0 Å². The van der Waals surface area contributed by atoms with Crippen LogP contribution < -0.4 is 0 Å². The summed E-state index contributed by atoms with van der Waals surface area (Å²) >= 11 is 0. The highest BCUT2D eigenvalue weighted by molar-refractivity contribution is 5.79. The van der Waals surface area contributed by atoms with Gasteiger partial charge in [-0.25, -0.2) is 0 Å². The molecule has 0 aliphatic carbocycles. The van der Waals surface area contributed by atoms with E-state index in [2.05, 4.69) is 0 Å². The predicted molar refractivity (Wildman–Crippen MR) is 42.6 cm³/mol. The SMILES string of the molecule is Cc1c([C]=O)cccc1[N+](=O)[O-]. The maximum Gasteiger partial charge on any atom is 0.273 e. The van der Waals surface area contributed by atoms with E-state index in [1.807, 2.05) is 0 Å². The summed E-state index contributed by atoms with van der Waals surface area (Å²) in [6, 6.07) is 4.32. The van der Waals surface area contributed by atoms with Crippen molar-refractivity contribution in [2.45, 2.75) is 6.92 Å². The summed E-state index contributed by atoms with van der Waals surface area (Å²) in [5.74, 6) is 0. The smallest absolute Gasteiger partial charge is 0.273 e. The molecule has 0 N–H and O–H groups in total. The van der Waals surface area contributed by atoms with E-state index in [-0.39, 0.29) is 11.3 Å². The molecule has 0 bridgehead atoms. The van der Waals surface area contributed by atoms with E-state index in [0.717, 1.165) is 0 Å². The normalized spacial score (nSPS) is 9.42. The van der Waals surface area contributed by atoms with E-state index in [9.17, 15) is 14.9 Å². The third kappa shape index (κ3) is 1.32. The zero-order valence-electron chi connectivity index (χ0n) is 6.40. The minimum Gasteiger partial charge on any atom is -0.285 e. The number of nitrogens with zero attached hydrogens (tertiary/aromatic N) is 1. The second-order valence-electron chi connectivity index (χ2n) is 2.31. The van der Waals surface area contributed by atoms with E-state index >= 15 is 0 Å². The molecular weight excluding hydrogens is 158 g/mol. The summed E-state index contributed by atoms with van der Waals surface area (Å²) < 4.78 is 0. The van der Waals surface area contributed by atoms with E-state index in [4.69, 9.17) is 0 Å². The fraction of sp³-hybridized carbons (Fsp3) is 0.125. The van der Waals surface area contributed by atoms with Crippen molar-refractivity contribution in [3.05, 3.63) is 39.4 Å². The van der Waals surface area contributed by atoms with Crippen LogP contribution in [0, 0.1) is 17.0 Å². The molecule has 61 valence electrons. The van der Waals surface area contributed by atoms with Gasteiger partial charge in [-0.15, -0.1) is 0 Å². The van der Waals surface area contributed by atoms with Crippen molar-refractivity contribution < 1.29 is 9.72 Å². The van der Waals surface area contributed by atoms with Crippen molar-refractivity contribution in [2.24, 2.45) is 0 Å². The van der Waals surface area contributed by atoms with Crippen molar-refractivity contribution in [3.63, 3.8) is 0 Å². The first kappa shape index (κ1) is 8.39. The second kappa shape index (κ2) is 3.13. The van der Waals surface area contributed by atoms with Crippen LogP contribution in [0.25, 0.3) is 0 Å². The molecule has 1 aromatic carbocycles. The van der Waals surface area contributed by atoms with Crippen LogP contribution in [0.2, 0.25) is 0 Å². The van der Waals surface area contributed by atoms with E-state index < -0.39 is 4.92 Å². The van der Waals surface area contributed by atoms with Crippen LogP contribution in [0.5, 0.6) is 0 Å². The number of benzene rings is 1. The van der Waals surface area contributed by atoms with Crippen molar-refractivity contribution in [2.75, 3.05) is 0 Å². The molecule has 0 aromatic heterocycles. The van der Waals surface area contributed by atoms with Gasteiger partial charge in [0.15, 0.2) is 0 Å². The minimum absolute atomic E-state index is 0.0455. The number of rotatable bonds is 2. The van der Waals surface area contributed by atoms with Gasteiger partial charge in [-0.3, -0.25) is 14.9 Å². The first-order chi connectivity index (χ1) is 5.66. The van der Waals surface area contributed by atoms with Gasteiger partial charge in [0.2, 0.25) is 6.29 Å². The van der Waals surface area contributed by atoms with Crippen LogP contribution in [0.3, 0.4) is 0 Å². The van der Waals surface area contributed by atoms with Gasteiger partial charge >= 0.3 is 0 Å². The molecule has 0 aliphatic heterocycles. The Kier molecular flexibility index (Phi) is 2.19.